The third-order valence-electron chi connectivity index (χ3n) is 2.61. The summed E-state index contributed by atoms with van der Waals surface area (Å²) in [6.45, 7) is 1.83. The van der Waals surface area contributed by atoms with Gasteiger partial charge in [0.15, 0.2) is 0 Å². The molecule has 20 heavy (non-hydrogen) atoms. The second kappa shape index (κ2) is 8.68. The number of carbonyl (C=O) groups is 3. The molecule has 3 N–H and O–H groups in total. The van der Waals surface area contributed by atoms with Crippen LogP contribution in [0.1, 0.15) is 26.2 Å². The molecule has 0 heterocycles. The van der Waals surface area contributed by atoms with Crippen molar-refractivity contribution in [2.75, 3.05) is 0 Å². The van der Waals surface area contributed by atoms with Crippen molar-refractivity contribution < 1.29 is 29.7 Å². The topological polar surface area (TPSA) is 112 Å². The van der Waals surface area contributed by atoms with Crippen LogP contribution in [0.5, 0.6) is 0 Å². The highest BCUT2D eigenvalue weighted by Gasteiger charge is 2.20. The van der Waals surface area contributed by atoms with Crippen molar-refractivity contribution >= 4 is 17.9 Å². The summed E-state index contributed by atoms with van der Waals surface area (Å²) in [5.74, 6) is -3.18. The van der Waals surface area contributed by atoms with Crippen LogP contribution >= 0.6 is 0 Å². The largest absolute Gasteiger partial charge is 0.478 e. The van der Waals surface area contributed by atoms with Gasteiger partial charge in [-0.15, -0.1) is 0 Å². The first-order valence-electron chi connectivity index (χ1n) is 5.93. The lowest BCUT2D eigenvalue weighted by Gasteiger charge is -2.25. The zero-order valence-electron chi connectivity index (χ0n) is 11.2. The summed E-state index contributed by atoms with van der Waals surface area (Å²) in [6.07, 6.45) is 8.66. The Bertz CT molecular complexity index is 380. The normalized spacial score (nSPS) is 14.8. The van der Waals surface area contributed by atoms with Crippen LogP contribution in [0, 0.1) is 5.41 Å². The van der Waals surface area contributed by atoms with Gasteiger partial charge in [-0.25, -0.2) is 14.4 Å². The lowest BCUT2D eigenvalue weighted by atomic mass is 9.79. The number of rotatable bonds is 9. The Morgan fingerprint density at radius 1 is 0.750 bits per heavy atom. The molecule has 0 amide bonds. The lowest BCUT2D eigenvalue weighted by molar-refractivity contribution is -0.132. The Kier molecular flexibility index (Phi) is 7.65. The summed E-state index contributed by atoms with van der Waals surface area (Å²) in [7, 11) is 0. The van der Waals surface area contributed by atoms with Crippen molar-refractivity contribution in [3.8, 4) is 0 Å². The van der Waals surface area contributed by atoms with E-state index in [4.69, 9.17) is 15.3 Å². The molecule has 0 unspecified atom stereocenters. The average molecular weight is 282 g/mol. The molecule has 0 aliphatic carbocycles. The van der Waals surface area contributed by atoms with Crippen molar-refractivity contribution in [1.29, 1.82) is 0 Å². The van der Waals surface area contributed by atoms with Crippen LogP contribution in [0.3, 0.4) is 0 Å². The van der Waals surface area contributed by atoms with Gasteiger partial charge >= 0.3 is 17.9 Å². The van der Waals surface area contributed by atoms with Crippen LogP contribution in [0.25, 0.3) is 0 Å². The zero-order valence-corrected chi connectivity index (χ0v) is 11.2. The highest BCUT2D eigenvalue weighted by atomic mass is 16.4. The average Bonchev–Trinajstić information content (AvgIpc) is 2.27. The fourth-order valence-corrected chi connectivity index (χ4v) is 1.58. The molecule has 0 spiro atoms. The van der Waals surface area contributed by atoms with Crippen molar-refractivity contribution in [3.05, 3.63) is 36.5 Å². The molecule has 0 saturated heterocycles. The van der Waals surface area contributed by atoms with Gasteiger partial charge in [-0.2, -0.15) is 0 Å². The van der Waals surface area contributed by atoms with E-state index in [0.29, 0.717) is 19.3 Å². The smallest absolute Gasteiger partial charge is 0.327 e. The van der Waals surface area contributed by atoms with E-state index in [1.165, 1.54) is 18.2 Å². The van der Waals surface area contributed by atoms with Crippen LogP contribution in [0.4, 0.5) is 0 Å². The van der Waals surface area contributed by atoms with Crippen LogP contribution in [0.15, 0.2) is 36.5 Å². The minimum Gasteiger partial charge on any atom is -0.478 e. The molecule has 6 heteroatoms. The number of hydrogen-bond donors (Lipinski definition) is 3. The summed E-state index contributed by atoms with van der Waals surface area (Å²) >= 11 is 0. The van der Waals surface area contributed by atoms with Crippen LogP contribution < -0.4 is 0 Å². The van der Waals surface area contributed by atoms with Gasteiger partial charge in [0.25, 0.3) is 0 Å². The van der Waals surface area contributed by atoms with Gasteiger partial charge in [0.1, 0.15) is 0 Å². The summed E-state index contributed by atoms with van der Waals surface area (Å²) < 4.78 is 0. The monoisotopic (exact) mass is 282 g/mol. The summed E-state index contributed by atoms with van der Waals surface area (Å²) in [6, 6.07) is 0. The van der Waals surface area contributed by atoms with Gasteiger partial charge in [-0.1, -0.05) is 25.2 Å². The van der Waals surface area contributed by atoms with Gasteiger partial charge in [0.2, 0.25) is 0 Å². The van der Waals surface area contributed by atoms with Crippen LogP contribution in [-0.4, -0.2) is 33.2 Å². The molecule has 0 radical (unpaired) electrons. The minimum atomic E-state index is -1.06. The van der Waals surface area contributed by atoms with Crippen molar-refractivity contribution in [2.45, 2.75) is 26.2 Å². The zero-order chi connectivity index (χ0) is 15.6. The Balaban J connectivity index is 4.77. The molecule has 0 saturated carbocycles. The molecule has 0 fully saturated rings. The fraction of sp³-hybridized carbons (Fsp3) is 0.357. The van der Waals surface area contributed by atoms with Gasteiger partial charge in [-0.05, 0) is 24.7 Å². The van der Waals surface area contributed by atoms with Gasteiger partial charge < -0.3 is 15.3 Å². The summed E-state index contributed by atoms with van der Waals surface area (Å²) in [4.78, 5) is 31.3. The van der Waals surface area contributed by atoms with E-state index < -0.39 is 23.3 Å². The van der Waals surface area contributed by atoms with Gasteiger partial charge in [0.05, 0.1) is 0 Å². The van der Waals surface area contributed by atoms with E-state index in [2.05, 4.69) is 0 Å². The van der Waals surface area contributed by atoms with Crippen molar-refractivity contribution in [2.24, 2.45) is 5.41 Å². The molecule has 0 rings (SSSR count). The third-order valence-corrected chi connectivity index (χ3v) is 2.61. The number of carboxylic acids is 3. The second-order valence-electron chi connectivity index (χ2n) is 4.64. The molecule has 0 aliphatic heterocycles. The predicted molar refractivity (Wildman–Crippen MR) is 72.3 cm³/mol. The third kappa shape index (κ3) is 9.64. The minimum absolute atomic E-state index is 0.396. The maximum atomic E-state index is 10.4. The molecular formula is C14H18O6. The molecule has 0 bridgehead atoms. The van der Waals surface area contributed by atoms with Crippen molar-refractivity contribution in [3.63, 3.8) is 0 Å². The maximum absolute atomic E-state index is 10.4. The molecule has 6 nitrogen and oxygen atoms in total. The van der Waals surface area contributed by atoms with E-state index in [1.54, 1.807) is 0 Å². The molecule has 0 atom stereocenters. The van der Waals surface area contributed by atoms with Crippen LogP contribution in [-0.2, 0) is 14.4 Å². The first kappa shape index (κ1) is 17.6. The Morgan fingerprint density at radius 2 is 1.00 bits per heavy atom. The summed E-state index contributed by atoms with van der Waals surface area (Å²) in [5, 5.41) is 25.6. The highest BCUT2D eigenvalue weighted by Crippen LogP contribution is 2.31. The second-order valence-corrected chi connectivity index (χ2v) is 4.64. The Morgan fingerprint density at radius 3 is 1.20 bits per heavy atom. The number of hydrogen-bond acceptors (Lipinski definition) is 3. The maximum Gasteiger partial charge on any atom is 0.327 e. The molecule has 110 valence electrons. The van der Waals surface area contributed by atoms with Crippen LogP contribution in [0.2, 0.25) is 0 Å². The van der Waals surface area contributed by atoms with E-state index >= 15 is 0 Å². The van der Waals surface area contributed by atoms with Gasteiger partial charge in [0, 0.05) is 18.2 Å². The molecule has 0 aliphatic rings. The first-order valence-corrected chi connectivity index (χ1v) is 5.93. The Hall–Kier alpha value is -2.37. The lowest BCUT2D eigenvalue weighted by Crippen LogP contribution is -2.14. The SMILES string of the molecule is CC(CC=CC(=O)O)(CC=CC(=O)O)CC=CC(=O)O. The van der Waals surface area contributed by atoms with E-state index in [-0.39, 0.29) is 0 Å². The van der Waals surface area contributed by atoms with Gasteiger partial charge in [-0.3, -0.25) is 0 Å². The Labute approximate surface area is 116 Å². The number of carboxylic acid groups (broad SMARTS) is 3. The molecule has 0 aromatic carbocycles. The number of aliphatic carboxylic acids is 3. The first-order chi connectivity index (χ1) is 9.25. The standard InChI is InChI=1S/C14H18O6/c1-14(8-2-5-11(15)16,9-3-6-12(17)18)10-4-7-13(19)20/h2-7H,8-10H2,1H3,(H,15,16)(H,17,18)(H,19,20). The van der Waals surface area contributed by atoms with E-state index in [0.717, 1.165) is 18.2 Å². The predicted octanol–water partition coefficient (Wildman–Crippen LogP) is 2.09. The molecule has 0 aromatic heterocycles. The van der Waals surface area contributed by atoms with E-state index in [1.807, 2.05) is 6.92 Å². The highest BCUT2D eigenvalue weighted by molar-refractivity contribution is 5.80. The molecular weight excluding hydrogens is 264 g/mol. The number of allylic oxidation sites excluding steroid dienone is 3. The van der Waals surface area contributed by atoms with Crippen molar-refractivity contribution in [1.82, 2.24) is 0 Å². The van der Waals surface area contributed by atoms with E-state index in [9.17, 15) is 14.4 Å². The summed E-state index contributed by atoms with van der Waals surface area (Å²) in [5.41, 5.74) is -0.441. The molecule has 0 aromatic rings. The quantitative estimate of drug-likeness (QED) is 0.558. The fourth-order valence-electron chi connectivity index (χ4n) is 1.58.